The number of hydrogen-bond acceptors (Lipinski definition) is 4. The van der Waals surface area contributed by atoms with Crippen molar-refractivity contribution in [2.24, 2.45) is 0 Å². The molecule has 2 aromatic carbocycles. The Hall–Kier alpha value is -1.14. The number of rotatable bonds is 6. The monoisotopic (exact) mass is 420 g/mol. The molecule has 1 heterocycles. The summed E-state index contributed by atoms with van der Waals surface area (Å²) >= 11 is 9.49. The molecule has 1 atom stereocenters. The molecule has 144 valence electrons. The molecule has 0 aliphatic carbocycles. The van der Waals surface area contributed by atoms with Crippen LogP contribution in [0.2, 0.25) is 5.02 Å². The standard InChI is InChI=1S/C21H25ClN2OS2/c1-15-17(14-24-10-12-26-13-11-24)4-3-5-20(15)23-21(25)16(2)27-19-8-6-18(22)7-9-19/h3-9,16H,10-14H2,1-2H3,(H,23,25). The van der Waals surface area contributed by atoms with Crippen LogP contribution in [0.1, 0.15) is 18.1 Å². The smallest absolute Gasteiger partial charge is 0.237 e. The van der Waals surface area contributed by atoms with Crippen molar-refractivity contribution in [3.8, 4) is 0 Å². The summed E-state index contributed by atoms with van der Waals surface area (Å²) in [7, 11) is 0. The second-order valence-electron chi connectivity index (χ2n) is 6.68. The van der Waals surface area contributed by atoms with Crippen LogP contribution >= 0.6 is 35.1 Å². The molecule has 1 saturated heterocycles. The minimum atomic E-state index is -0.187. The van der Waals surface area contributed by atoms with Gasteiger partial charge in [0.25, 0.3) is 0 Å². The summed E-state index contributed by atoms with van der Waals surface area (Å²) in [4.78, 5) is 16.2. The van der Waals surface area contributed by atoms with Crippen LogP contribution < -0.4 is 5.32 Å². The molecule has 0 bridgehead atoms. The van der Waals surface area contributed by atoms with Crippen molar-refractivity contribution in [1.29, 1.82) is 0 Å². The van der Waals surface area contributed by atoms with E-state index in [1.165, 1.54) is 28.8 Å². The molecule has 0 aromatic heterocycles. The lowest BCUT2D eigenvalue weighted by molar-refractivity contribution is -0.115. The molecule has 0 radical (unpaired) electrons. The molecule has 1 amide bonds. The van der Waals surface area contributed by atoms with E-state index in [-0.39, 0.29) is 11.2 Å². The van der Waals surface area contributed by atoms with Gasteiger partial charge in [-0.05, 0) is 55.3 Å². The molecule has 3 nitrogen and oxygen atoms in total. The van der Waals surface area contributed by atoms with Gasteiger partial charge in [0.2, 0.25) is 5.91 Å². The minimum Gasteiger partial charge on any atom is -0.325 e. The maximum absolute atomic E-state index is 12.7. The summed E-state index contributed by atoms with van der Waals surface area (Å²) in [5.41, 5.74) is 3.36. The largest absolute Gasteiger partial charge is 0.325 e. The predicted molar refractivity (Wildman–Crippen MR) is 119 cm³/mol. The van der Waals surface area contributed by atoms with Crippen LogP contribution in [0, 0.1) is 6.92 Å². The first-order valence-corrected chi connectivity index (χ1v) is 11.6. The molecular weight excluding hydrogens is 396 g/mol. The van der Waals surface area contributed by atoms with Gasteiger partial charge in [-0.25, -0.2) is 0 Å². The van der Waals surface area contributed by atoms with E-state index >= 15 is 0 Å². The summed E-state index contributed by atoms with van der Waals surface area (Å²) < 4.78 is 0. The third-order valence-electron chi connectivity index (χ3n) is 4.70. The zero-order valence-corrected chi connectivity index (χ0v) is 18.1. The minimum absolute atomic E-state index is 0.0181. The van der Waals surface area contributed by atoms with Crippen LogP contribution in [0.25, 0.3) is 0 Å². The number of nitrogens with zero attached hydrogens (tertiary/aromatic N) is 1. The van der Waals surface area contributed by atoms with Crippen molar-refractivity contribution in [3.63, 3.8) is 0 Å². The van der Waals surface area contributed by atoms with Gasteiger partial charge >= 0.3 is 0 Å². The Morgan fingerprint density at radius 1 is 1.22 bits per heavy atom. The number of nitrogens with one attached hydrogen (secondary N) is 1. The van der Waals surface area contributed by atoms with Gasteiger partial charge in [0, 0.05) is 46.7 Å². The van der Waals surface area contributed by atoms with Crippen molar-refractivity contribution < 1.29 is 4.79 Å². The molecule has 2 aromatic rings. The highest BCUT2D eigenvalue weighted by atomic mass is 35.5. The number of benzene rings is 2. The highest BCUT2D eigenvalue weighted by Gasteiger charge is 2.17. The molecule has 0 saturated carbocycles. The maximum Gasteiger partial charge on any atom is 0.237 e. The molecule has 1 fully saturated rings. The third-order valence-corrected chi connectivity index (χ3v) is 7.00. The molecule has 1 aliphatic rings. The quantitative estimate of drug-likeness (QED) is 0.641. The lowest BCUT2D eigenvalue weighted by atomic mass is 10.1. The van der Waals surface area contributed by atoms with E-state index in [4.69, 9.17) is 11.6 Å². The van der Waals surface area contributed by atoms with Gasteiger partial charge in [0.15, 0.2) is 0 Å². The summed E-state index contributed by atoms with van der Waals surface area (Å²) in [6.45, 7) is 7.25. The van der Waals surface area contributed by atoms with Crippen molar-refractivity contribution in [1.82, 2.24) is 4.90 Å². The van der Waals surface area contributed by atoms with E-state index in [0.717, 1.165) is 35.8 Å². The maximum atomic E-state index is 12.7. The van der Waals surface area contributed by atoms with E-state index in [0.29, 0.717) is 5.02 Å². The van der Waals surface area contributed by atoms with Crippen LogP contribution in [0.5, 0.6) is 0 Å². The Balaban J connectivity index is 1.62. The molecule has 1 aliphatic heterocycles. The zero-order chi connectivity index (χ0) is 19.2. The average Bonchev–Trinajstić information content (AvgIpc) is 2.67. The fourth-order valence-electron chi connectivity index (χ4n) is 3.00. The first-order valence-electron chi connectivity index (χ1n) is 9.14. The van der Waals surface area contributed by atoms with Crippen molar-refractivity contribution in [3.05, 3.63) is 58.6 Å². The second-order valence-corrected chi connectivity index (χ2v) is 9.76. The summed E-state index contributed by atoms with van der Waals surface area (Å²) in [6.07, 6.45) is 0. The molecule has 1 N–H and O–H groups in total. The SMILES string of the molecule is Cc1c(CN2CCSCC2)cccc1NC(=O)C(C)Sc1ccc(Cl)cc1. The zero-order valence-electron chi connectivity index (χ0n) is 15.7. The molecule has 27 heavy (non-hydrogen) atoms. The van der Waals surface area contributed by atoms with Gasteiger partial charge < -0.3 is 5.32 Å². The highest BCUT2D eigenvalue weighted by Crippen LogP contribution is 2.27. The molecule has 0 spiro atoms. The molecule has 6 heteroatoms. The number of carbonyl (C=O) groups excluding carboxylic acids is 1. The Kier molecular flexibility index (Phi) is 7.53. The number of thioether (sulfide) groups is 2. The van der Waals surface area contributed by atoms with E-state index in [9.17, 15) is 4.79 Å². The first kappa shape index (κ1) is 20.6. The lowest BCUT2D eigenvalue weighted by Crippen LogP contribution is -2.32. The van der Waals surface area contributed by atoms with Gasteiger partial charge in [-0.15, -0.1) is 11.8 Å². The third kappa shape index (κ3) is 5.92. The predicted octanol–water partition coefficient (Wildman–Crippen LogP) is 5.32. The second kappa shape index (κ2) is 9.87. The fraction of sp³-hybridized carbons (Fsp3) is 0.381. The van der Waals surface area contributed by atoms with Crippen molar-refractivity contribution >= 4 is 46.7 Å². The van der Waals surface area contributed by atoms with Crippen LogP contribution in [0.15, 0.2) is 47.4 Å². The Labute approximate surface area is 175 Å². The van der Waals surface area contributed by atoms with Gasteiger partial charge in [-0.1, -0.05) is 23.7 Å². The Morgan fingerprint density at radius 2 is 1.93 bits per heavy atom. The average molecular weight is 421 g/mol. The molecule has 1 unspecified atom stereocenters. The summed E-state index contributed by atoms with van der Waals surface area (Å²) in [6, 6.07) is 13.8. The van der Waals surface area contributed by atoms with E-state index in [2.05, 4.69) is 23.2 Å². The first-order chi connectivity index (χ1) is 13.0. The number of amides is 1. The highest BCUT2D eigenvalue weighted by molar-refractivity contribution is 8.00. The summed E-state index contributed by atoms with van der Waals surface area (Å²) in [5.74, 6) is 2.42. The van der Waals surface area contributed by atoms with E-state index in [1.54, 1.807) is 0 Å². The number of hydrogen-bond donors (Lipinski definition) is 1. The lowest BCUT2D eigenvalue weighted by Gasteiger charge is -2.27. The van der Waals surface area contributed by atoms with Gasteiger partial charge in [-0.3, -0.25) is 9.69 Å². The topological polar surface area (TPSA) is 32.3 Å². The van der Waals surface area contributed by atoms with E-state index in [1.807, 2.05) is 55.1 Å². The fourth-order valence-corrected chi connectivity index (χ4v) is 4.97. The summed E-state index contributed by atoms with van der Waals surface area (Å²) in [5, 5.41) is 3.63. The van der Waals surface area contributed by atoms with Crippen LogP contribution in [-0.2, 0) is 11.3 Å². The Bertz CT molecular complexity index is 776. The normalized spacial score (nSPS) is 16.1. The molecule has 3 rings (SSSR count). The van der Waals surface area contributed by atoms with E-state index < -0.39 is 0 Å². The van der Waals surface area contributed by atoms with Crippen LogP contribution in [0.4, 0.5) is 5.69 Å². The van der Waals surface area contributed by atoms with Crippen LogP contribution in [0.3, 0.4) is 0 Å². The number of anilines is 1. The van der Waals surface area contributed by atoms with Gasteiger partial charge in [-0.2, -0.15) is 11.8 Å². The van der Waals surface area contributed by atoms with Crippen molar-refractivity contribution in [2.45, 2.75) is 30.5 Å². The number of halogens is 1. The van der Waals surface area contributed by atoms with Gasteiger partial charge in [0.05, 0.1) is 5.25 Å². The number of carbonyl (C=O) groups is 1. The van der Waals surface area contributed by atoms with Crippen molar-refractivity contribution in [2.75, 3.05) is 29.9 Å². The Morgan fingerprint density at radius 3 is 2.63 bits per heavy atom. The molecular formula is C21H25ClN2OS2. The van der Waals surface area contributed by atoms with Crippen LogP contribution in [-0.4, -0.2) is 40.7 Å². The van der Waals surface area contributed by atoms with Gasteiger partial charge in [0.1, 0.15) is 0 Å².